The molecule has 1 heterocycles. The fourth-order valence-corrected chi connectivity index (χ4v) is 1.85. The topological polar surface area (TPSA) is 82.3 Å². The number of ether oxygens (including phenoxy) is 1. The fourth-order valence-electron chi connectivity index (χ4n) is 1.39. The molecule has 2 aromatic rings. The molecule has 1 aromatic carbocycles. The van der Waals surface area contributed by atoms with E-state index in [-0.39, 0.29) is 10.8 Å². The number of pyridine rings is 1. The van der Waals surface area contributed by atoms with E-state index in [9.17, 15) is 12.8 Å². The third-order valence-corrected chi connectivity index (χ3v) is 3.30. The Hall–Kier alpha value is -1.99. The Bertz CT molecular complexity index is 699. The molecule has 0 unspecified atom stereocenters. The molecule has 0 aliphatic heterocycles. The van der Waals surface area contributed by atoms with E-state index in [1.54, 1.807) is 13.0 Å². The zero-order valence-corrected chi connectivity index (χ0v) is 10.8. The Morgan fingerprint density at radius 2 is 2.00 bits per heavy atom. The van der Waals surface area contributed by atoms with E-state index in [4.69, 9.17) is 9.88 Å². The fraction of sp³-hybridized carbons (Fsp3) is 0.0833. The van der Waals surface area contributed by atoms with Crippen molar-refractivity contribution in [2.75, 3.05) is 0 Å². The number of nitrogens with zero attached hydrogens (tertiary/aromatic N) is 1. The third kappa shape index (κ3) is 3.27. The van der Waals surface area contributed by atoms with E-state index in [0.717, 1.165) is 11.8 Å². The lowest BCUT2D eigenvalue weighted by molar-refractivity contribution is 0.453. The Labute approximate surface area is 109 Å². The van der Waals surface area contributed by atoms with Crippen LogP contribution in [0.5, 0.6) is 11.6 Å². The first kappa shape index (κ1) is 13.4. The second-order valence-corrected chi connectivity index (χ2v) is 5.45. The predicted molar refractivity (Wildman–Crippen MR) is 66.8 cm³/mol. The van der Waals surface area contributed by atoms with Crippen LogP contribution in [0.3, 0.4) is 0 Å². The first-order valence-corrected chi connectivity index (χ1v) is 6.84. The maximum Gasteiger partial charge on any atom is 0.239 e. The van der Waals surface area contributed by atoms with Crippen molar-refractivity contribution in [3.8, 4) is 11.6 Å². The Morgan fingerprint density at radius 1 is 1.26 bits per heavy atom. The Kier molecular flexibility index (Phi) is 3.50. The van der Waals surface area contributed by atoms with Gasteiger partial charge in [0.15, 0.2) is 0 Å². The van der Waals surface area contributed by atoms with Crippen LogP contribution in [0.15, 0.2) is 41.4 Å². The molecule has 0 aliphatic carbocycles. The van der Waals surface area contributed by atoms with Crippen LogP contribution in [0.2, 0.25) is 0 Å². The van der Waals surface area contributed by atoms with Crippen molar-refractivity contribution in [1.29, 1.82) is 0 Å². The van der Waals surface area contributed by atoms with Crippen molar-refractivity contribution in [1.82, 2.24) is 4.98 Å². The molecule has 1 aromatic heterocycles. The number of halogens is 1. The van der Waals surface area contributed by atoms with Crippen molar-refractivity contribution in [3.63, 3.8) is 0 Å². The van der Waals surface area contributed by atoms with Crippen molar-refractivity contribution < 1.29 is 17.5 Å². The molecule has 5 nitrogen and oxygen atoms in total. The van der Waals surface area contributed by atoms with Crippen LogP contribution in [0.25, 0.3) is 0 Å². The van der Waals surface area contributed by atoms with Gasteiger partial charge in [-0.3, -0.25) is 0 Å². The van der Waals surface area contributed by atoms with Crippen LogP contribution in [-0.4, -0.2) is 13.4 Å². The summed E-state index contributed by atoms with van der Waals surface area (Å²) < 4.78 is 40.5. The molecule has 0 atom stereocenters. The minimum absolute atomic E-state index is 0.115. The minimum Gasteiger partial charge on any atom is -0.439 e. The molecule has 0 radical (unpaired) electrons. The smallest absolute Gasteiger partial charge is 0.239 e. The van der Waals surface area contributed by atoms with E-state index in [1.165, 1.54) is 24.3 Å². The zero-order chi connectivity index (χ0) is 14.0. The monoisotopic (exact) mass is 282 g/mol. The lowest BCUT2D eigenvalue weighted by atomic mass is 10.2. The lowest BCUT2D eigenvalue weighted by Crippen LogP contribution is -2.12. The van der Waals surface area contributed by atoms with Crippen molar-refractivity contribution in [3.05, 3.63) is 47.9 Å². The minimum atomic E-state index is -3.79. The highest BCUT2D eigenvalue weighted by Crippen LogP contribution is 2.24. The van der Waals surface area contributed by atoms with E-state index in [0.29, 0.717) is 5.75 Å². The molecule has 0 saturated carbocycles. The van der Waals surface area contributed by atoms with Crippen LogP contribution in [0.1, 0.15) is 5.56 Å². The summed E-state index contributed by atoms with van der Waals surface area (Å²) in [7, 11) is -3.79. The molecule has 0 fully saturated rings. The molecule has 19 heavy (non-hydrogen) atoms. The third-order valence-electron chi connectivity index (χ3n) is 2.40. The molecular weight excluding hydrogens is 271 g/mol. The summed E-state index contributed by atoms with van der Waals surface area (Å²) >= 11 is 0. The van der Waals surface area contributed by atoms with Gasteiger partial charge in [-0.15, -0.1) is 0 Å². The molecule has 0 amide bonds. The lowest BCUT2D eigenvalue weighted by Gasteiger charge is -2.08. The number of hydrogen-bond donors (Lipinski definition) is 1. The molecule has 2 rings (SSSR count). The summed E-state index contributed by atoms with van der Waals surface area (Å²) in [5.41, 5.74) is 0.735. The number of hydrogen-bond acceptors (Lipinski definition) is 4. The maximum absolute atomic E-state index is 13.1. The van der Waals surface area contributed by atoms with Gasteiger partial charge in [-0.1, -0.05) is 6.07 Å². The number of nitrogens with two attached hydrogens (primary N) is 1. The number of aromatic nitrogens is 1. The predicted octanol–water partition coefficient (Wildman–Crippen LogP) is 1.97. The first-order valence-electron chi connectivity index (χ1n) is 5.29. The summed E-state index contributed by atoms with van der Waals surface area (Å²) in [5.74, 6) is 0.0405. The van der Waals surface area contributed by atoms with Gasteiger partial charge in [0.2, 0.25) is 15.9 Å². The van der Waals surface area contributed by atoms with Gasteiger partial charge in [-0.25, -0.2) is 22.9 Å². The molecule has 0 aliphatic rings. The highest BCUT2D eigenvalue weighted by molar-refractivity contribution is 7.89. The van der Waals surface area contributed by atoms with Crippen LogP contribution in [0.4, 0.5) is 4.39 Å². The van der Waals surface area contributed by atoms with Gasteiger partial charge in [-0.2, -0.15) is 0 Å². The van der Waals surface area contributed by atoms with Gasteiger partial charge < -0.3 is 4.74 Å². The molecule has 2 N–H and O–H groups in total. The summed E-state index contributed by atoms with van der Waals surface area (Å²) in [4.78, 5) is 3.69. The van der Waals surface area contributed by atoms with Gasteiger partial charge in [0.05, 0.1) is 6.20 Å². The second-order valence-electron chi connectivity index (χ2n) is 3.89. The van der Waals surface area contributed by atoms with Crippen LogP contribution >= 0.6 is 0 Å². The molecule has 100 valence electrons. The number of rotatable bonds is 3. The zero-order valence-electron chi connectivity index (χ0n) is 10.00. The maximum atomic E-state index is 13.1. The largest absolute Gasteiger partial charge is 0.439 e. The van der Waals surface area contributed by atoms with Crippen molar-refractivity contribution in [2.45, 2.75) is 11.8 Å². The highest BCUT2D eigenvalue weighted by atomic mass is 32.2. The normalized spacial score (nSPS) is 11.3. The van der Waals surface area contributed by atoms with E-state index < -0.39 is 15.8 Å². The van der Waals surface area contributed by atoms with Gasteiger partial charge in [0.25, 0.3) is 0 Å². The number of sulfonamides is 1. The van der Waals surface area contributed by atoms with Crippen LogP contribution in [0, 0.1) is 12.7 Å². The molecule has 7 heteroatoms. The molecule has 0 spiro atoms. The van der Waals surface area contributed by atoms with E-state index in [2.05, 4.69) is 4.98 Å². The number of aryl methyl sites for hydroxylation is 1. The average molecular weight is 282 g/mol. The highest BCUT2D eigenvalue weighted by Gasteiger charge is 2.09. The summed E-state index contributed by atoms with van der Waals surface area (Å²) in [6.45, 7) is 1.76. The van der Waals surface area contributed by atoms with Gasteiger partial charge in [0, 0.05) is 12.1 Å². The average Bonchev–Trinajstić information content (AvgIpc) is 2.33. The SMILES string of the molecule is Cc1ccc(F)cc1Oc1ccc(S(N)(=O)=O)cn1. The Balaban J connectivity index is 2.27. The number of benzene rings is 1. The van der Waals surface area contributed by atoms with Gasteiger partial charge in [0.1, 0.15) is 16.5 Å². The standard InChI is InChI=1S/C12H11FN2O3S/c1-8-2-3-9(13)6-11(8)18-12-5-4-10(7-15-12)19(14,16)17/h2-7H,1H3,(H2,14,16,17). The molecule has 0 saturated heterocycles. The summed E-state index contributed by atoms with van der Waals surface area (Å²) in [5, 5.41) is 4.95. The summed E-state index contributed by atoms with van der Waals surface area (Å²) in [6, 6.07) is 6.74. The second kappa shape index (κ2) is 4.94. The van der Waals surface area contributed by atoms with Crippen LogP contribution < -0.4 is 9.88 Å². The van der Waals surface area contributed by atoms with Crippen molar-refractivity contribution in [2.24, 2.45) is 5.14 Å². The van der Waals surface area contributed by atoms with Gasteiger partial charge >= 0.3 is 0 Å². The quantitative estimate of drug-likeness (QED) is 0.933. The molecule has 0 bridgehead atoms. The van der Waals surface area contributed by atoms with E-state index in [1.807, 2.05) is 0 Å². The Morgan fingerprint density at radius 3 is 2.58 bits per heavy atom. The number of primary sulfonamides is 1. The van der Waals surface area contributed by atoms with Crippen molar-refractivity contribution >= 4 is 10.0 Å². The molecular formula is C12H11FN2O3S. The first-order chi connectivity index (χ1) is 8.86. The van der Waals surface area contributed by atoms with Gasteiger partial charge in [-0.05, 0) is 24.6 Å². The van der Waals surface area contributed by atoms with E-state index >= 15 is 0 Å². The van der Waals surface area contributed by atoms with Crippen LogP contribution in [-0.2, 0) is 10.0 Å². The summed E-state index contributed by atoms with van der Waals surface area (Å²) in [6.07, 6.45) is 1.08.